The normalized spacial score (nSPS) is 23.6. The molecule has 0 aromatic carbocycles. The highest BCUT2D eigenvalue weighted by molar-refractivity contribution is 5.41. The van der Waals surface area contributed by atoms with E-state index in [4.69, 9.17) is 0 Å². The van der Waals surface area contributed by atoms with Gasteiger partial charge in [0, 0.05) is 29.2 Å². The standard InChI is InChI=1S/C24H36N2/c1-23(2,3)18-8-7-9-21-17(18)13-22(26-21)15-10-11-20-16(12-15)19(14-25-20)24(4,5)6/h13-15,18,25-26H,7-12H2,1-6H3. The van der Waals surface area contributed by atoms with Crippen molar-refractivity contribution in [1.29, 1.82) is 0 Å². The summed E-state index contributed by atoms with van der Waals surface area (Å²) in [5.41, 5.74) is 9.81. The molecular weight excluding hydrogens is 316 g/mol. The van der Waals surface area contributed by atoms with Crippen molar-refractivity contribution in [2.75, 3.05) is 0 Å². The van der Waals surface area contributed by atoms with Crippen LogP contribution in [0.1, 0.15) is 106 Å². The Hall–Kier alpha value is -1.44. The minimum Gasteiger partial charge on any atom is -0.364 e. The Kier molecular flexibility index (Phi) is 4.17. The molecule has 2 aliphatic rings. The molecule has 2 N–H and O–H groups in total. The highest BCUT2D eigenvalue weighted by atomic mass is 14.8. The molecule has 2 nitrogen and oxygen atoms in total. The van der Waals surface area contributed by atoms with Crippen LogP contribution >= 0.6 is 0 Å². The maximum absolute atomic E-state index is 3.88. The van der Waals surface area contributed by atoms with Crippen LogP contribution in [0.2, 0.25) is 0 Å². The summed E-state index contributed by atoms with van der Waals surface area (Å²) in [6, 6.07) is 2.55. The number of H-pyrrole nitrogens is 2. The highest BCUT2D eigenvalue weighted by Crippen LogP contribution is 2.45. The van der Waals surface area contributed by atoms with Crippen molar-refractivity contribution in [1.82, 2.24) is 9.97 Å². The summed E-state index contributed by atoms with van der Waals surface area (Å²) in [6.45, 7) is 14.2. The van der Waals surface area contributed by atoms with E-state index in [1.807, 2.05) is 0 Å². The molecule has 0 fully saturated rings. The Bertz CT molecular complexity index is 791. The molecule has 2 unspecified atom stereocenters. The van der Waals surface area contributed by atoms with Gasteiger partial charge >= 0.3 is 0 Å². The molecule has 0 bridgehead atoms. The van der Waals surface area contributed by atoms with Gasteiger partial charge in [0.25, 0.3) is 0 Å². The lowest BCUT2D eigenvalue weighted by Gasteiger charge is -2.34. The molecule has 142 valence electrons. The zero-order chi connectivity index (χ0) is 18.7. The largest absolute Gasteiger partial charge is 0.364 e. The fourth-order valence-corrected chi connectivity index (χ4v) is 5.37. The van der Waals surface area contributed by atoms with Crippen molar-refractivity contribution in [3.8, 4) is 0 Å². The van der Waals surface area contributed by atoms with Crippen molar-refractivity contribution in [3.63, 3.8) is 0 Å². The van der Waals surface area contributed by atoms with E-state index in [1.165, 1.54) is 61.2 Å². The lowest BCUT2D eigenvalue weighted by molar-refractivity contribution is 0.289. The van der Waals surface area contributed by atoms with Crippen LogP contribution < -0.4 is 0 Å². The minimum absolute atomic E-state index is 0.221. The smallest absolute Gasteiger partial charge is 0.0187 e. The topological polar surface area (TPSA) is 31.6 Å². The first-order chi connectivity index (χ1) is 12.1. The molecule has 2 aromatic heterocycles. The molecule has 2 atom stereocenters. The number of aromatic amines is 2. The van der Waals surface area contributed by atoms with Crippen molar-refractivity contribution in [2.24, 2.45) is 5.41 Å². The second-order valence-electron chi connectivity index (χ2n) is 10.8. The van der Waals surface area contributed by atoms with Crippen LogP contribution in [-0.4, -0.2) is 9.97 Å². The summed E-state index contributed by atoms with van der Waals surface area (Å²) in [4.78, 5) is 7.45. The minimum atomic E-state index is 0.221. The summed E-state index contributed by atoms with van der Waals surface area (Å²) in [7, 11) is 0. The fourth-order valence-electron chi connectivity index (χ4n) is 5.37. The third-order valence-electron chi connectivity index (χ3n) is 6.82. The maximum atomic E-state index is 3.88. The number of aromatic nitrogens is 2. The zero-order valence-electron chi connectivity index (χ0n) is 17.6. The van der Waals surface area contributed by atoms with Crippen LogP contribution in [-0.2, 0) is 24.7 Å². The number of rotatable bonds is 1. The Morgan fingerprint density at radius 1 is 0.962 bits per heavy atom. The zero-order valence-corrected chi connectivity index (χ0v) is 17.6. The van der Waals surface area contributed by atoms with Crippen LogP contribution in [0.15, 0.2) is 12.3 Å². The number of nitrogens with one attached hydrogen (secondary N) is 2. The van der Waals surface area contributed by atoms with Gasteiger partial charge in [0.15, 0.2) is 0 Å². The van der Waals surface area contributed by atoms with Crippen LogP contribution in [0.25, 0.3) is 0 Å². The van der Waals surface area contributed by atoms with Crippen LogP contribution in [0, 0.1) is 5.41 Å². The van der Waals surface area contributed by atoms with Crippen molar-refractivity contribution in [3.05, 3.63) is 46.0 Å². The summed E-state index contributed by atoms with van der Waals surface area (Å²) in [5.74, 6) is 1.35. The lowest BCUT2D eigenvalue weighted by Crippen LogP contribution is -2.22. The number of aryl methyl sites for hydroxylation is 2. The Morgan fingerprint density at radius 2 is 1.73 bits per heavy atom. The molecule has 2 aromatic rings. The predicted molar refractivity (Wildman–Crippen MR) is 110 cm³/mol. The van der Waals surface area contributed by atoms with Crippen molar-refractivity contribution in [2.45, 2.75) is 97.3 Å². The predicted octanol–water partition coefficient (Wildman–Crippen LogP) is 6.38. The molecule has 2 heteroatoms. The molecule has 0 saturated heterocycles. The summed E-state index contributed by atoms with van der Waals surface area (Å²) >= 11 is 0. The average Bonchev–Trinajstić information content (AvgIpc) is 3.16. The second kappa shape index (κ2) is 6.04. The van der Waals surface area contributed by atoms with E-state index in [9.17, 15) is 0 Å². The summed E-state index contributed by atoms with van der Waals surface area (Å²) in [5, 5.41) is 0. The van der Waals surface area contributed by atoms with Gasteiger partial charge in [0.2, 0.25) is 0 Å². The first-order valence-electron chi connectivity index (χ1n) is 10.6. The van der Waals surface area contributed by atoms with Crippen LogP contribution in [0.3, 0.4) is 0 Å². The fraction of sp³-hybridized carbons (Fsp3) is 0.667. The summed E-state index contributed by atoms with van der Waals surface area (Å²) in [6.07, 6.45) is 9.80. The molecule has 2 aliphatic carbocycles. The van der Waals surface area contributed by atoms with Crippen LogP contribution in [0.5, 0.6) is 0 Å². The van der Waals surface area contributed by atoms with Gasteiger partial charge < -0.3 is 9.97 Å². The monoisotopic (exact) mass is 352 g/mol. The third-order valence-corrected chi connectivity index (χ3v) is 6.82. The van der Waals surface area contributed by atoms with Crippen molar-refractivity contribution < 1.29 is 0 Å². The third kappa shape index (κ3) is 3.06. The lowest BCUT2D eigenvalue weighted by atomic mass is 9.71. The Balaban J connectivity index is 1.65. The van der Waals surface area contributed by atoms with Gasteiger partial charge in [-0.05, 0) is 78.0 Å². The molecule has 0 radical (unpaired) electrons. The summed E-state index contributed by atoms with van der Waals surface area (Å²) < 4.78 is 0. The van der Waals surface area contributed by atoms with Gasteiger partial charge in [0.1, 0.15) is 0 Å². The highest BCUT2D eigenvalue weighted by Gasteiger charge is 2.34. The van der Waals surface area contributed by atoms with E-state index in [-0.39, 0.29) is 5.41 Å². The Labute approximate surface area is 159 Å². The number of hydrogen-bond donors (Lipinski definition) is 2. The van der Waals surface area contributed by atoms with Crippen molar-refractivity contribution >= 4 is 0 Å². The molecule has 2 heterocycles. The van der Waals surface area contributed by atoms with Gasteiger partial charge in [-0.3, -0.25) is 0 Å². The Morgan fingerprint density at radius 3 is 2.42 bits per heavy atom. The van der Waals surface area contributed by atoms with E-state index >= 15 is 0 Å². The molecule has 4 rings (SSSR count). The molecule has 26 heavy (non-hydrogen) atoms. The van der Waals surface area contributed by atoms with Gasteiger partial charge in [-0.15, -0.1) is 0 Å². The van der Waals surface area contributed by atoms with Gasteiger partial charge in [-0.2, -0.15) is 0 Å². The van der Waals surface area contributed by atoms with Gasteiger partial charge in [-0.25, -0.2) is 0 Å². The molecule has 0 amide bonds. The second-order valence-corrected chi connectivity index (χ2v) is 10.8. The number of hydrogen-bond acceptors (Lipinski definition) is 0. The van der Waals surface area contributed by atoms with Crippen LogP contribution in [0.4, 0.5) is 0 Å². The first kappa shape index (κ1) is 17.9. The van der Waals surface area contributed by atoms with E-state index in [0.717, 1.165) is 0 Å². The first-order valence-corrected chi connectivity index (χ1v) is 10.6. The van der Waals surface area contributed by atoms with Gasteiger partial charge in [-0.1, -0.05) is 41.5 Å². The van der Waals surface area contributed by atoms with Gasteiger partial charge in [0.05, 0.1) is 0 Å². The van der Waals surface area contributed by atoms with E-state index in [0.29, 0.717) is 17.3 Å². The molecular formula is C24H36N2. The molecule has 0 aliphatic heterocycles. The average molecular weight is 353 g/mol. The quantitative estimate of drug-likeness (QED) is 0.597. The maximum Gasteiger partial charge on any atom is 0.0187 e. The number of fused-ring (bicyclic) bond motifs is 2. The van der Waals surface area contributed by atoms with E-state index < -0.39 is 0 Å². The molecule has 0 spiro atoms. The molecule has 0 saturated carbocycles. The SMILES string of the molecule is CC(C)(C)c1c[nH]c2c1CC(c1cc3c([nH]1)CCCC3C(C)(C)C)CC2. The van der Waals surface area contributed by atoms with E-state index in [1.54, 1.807) is 11.1 Å². The van der Waals surface area contributed by atoms with E-state index in [2.05, 4.69) is 63.8 Å².